The molecule has 8 N–H and O–H groups in total. The molecule has 8 atom stereocenters. The highest BCUT2D eigenvalue weighted by atomic mass is 31.2. The topological polar surface area (TPSA) is 196 Å². The van der Waals surface area contributed by atoms with Crippen molar-refractivity contribution >= 4 is 12.7 Å². The van der Waals surface area contributed by atoms with Crippen molar-refractivity contribution in [1.82, 2.24) is 0 Å². The van der Waals surface area contributed by atoms with Crippen molar-refractivity contribution in [1.29, 1.82) is 0 Å². The molecule has 116 valence electrons. The number of carbonyl (C=O) groups excluding carboxylic acids is 1. The predicted octanol–water partition coefficient (Wildman–Crippen LogP) is -4.92. The molecule has 2 unspecified atom stereocenters. The van der Waals surface area contributed by atoms with E-state index in [1.165, 1.54) is 0 Å². The van der Waals surface area contributed by atoms with Gasteiger partial charge in [-0.1, -0.05) is 0 Å². The van der Waals surface area contributed by atoms with E-state index >= 15 is 0 Å². The van der Waals surface area contributed by atoms with E-state index in [9.17, 15) is 45.1 Å². The van der Waals surface area contributed by atoms with Crippen LogP contribution in [0.5, 0.6) is 0 Å². The van der Waals surface area contributed by atoms with Gasteiger partial charge in [-0.05, 0) is 0 Å². The number of rotatable bonds is 3. The van der Waals surface area contributed by atoms with Crippen LogP contribution < -0.4 is 0 Å². The lowest BCUT2D eigenvalue weighted by atomic mass is 9.85. The zero-order valence-corrected chi connectivity index (χ0v) is 10.8. The molecular formula is C9H15O10P. The molecule has 1 heterocycles. The number of hydrogen-bond acceptors (Lipinski definition) is 10. The van der Waals surface area contributed by atoms with Gasteiger partial charge >= 0.3 is 0 Å². The Morgan fingerprint density at radius 3 is 1.70 bits per heavy atom. The molecule has 0 aromatic rings. The molecule has 0 bridgehead atoms. The van der Waals surface area contributed by atoms with E-state index in [-0.39, 0.29) is 0 Å². The average molecular weight is 314 g/mol. The van der Waals surface area contributed by atoms with Gasteiger partial charge in [0.05, 0.1) is 6.61 Å². The lowest BCUT2D eigenvalue weighted by molar-refractivity contribution is -0.223. The van der Waals surface area contributed by atoms with E-state index in [4.69, 9.17) is 5.11 Å². The van der Waals surface area contributed by atoms with Crippen LogP contribution in [0, 0.1) is 0 Å². The van der Waals surface area contributed by atoms with Gasteiger partial charge in [0.25, 0.3) is 0 Å². The number of hydrogen-bond donors (Lipinski definition) is 8. The van der Waals surface area contributed by atoms with Crippen molar-refractivity contribution in [3.8, 4) is 0 Å². The van der Waals surface area contributed by atoms with Crippen molar-refractivity contribution in [2.75, 3.05) is 6.61 Å². The molecule has 1 saturated heterocycles. The van der Waals surface area contributed by atoms with Crippen LogP contribution in [-0.2, 0) is 9.36 Å². The lowest BCUT2D eigenvalue weighted by Crippen LogP contribution is -2.63. The smallest absolute Gasteiger partial charge is 0.228 e. The quantitative estimate of drug-likeness (QED) is 0.234. The molecular weight excluding hydrogens is 299 g/mol. The van der Waals surface area contributed by atoms with Crippen LogP contribution in [0.25, 0.3) is 0 Å². The summed E-state index contributed by atoms with van der Waals surface area (Å²) in [6.45, 7) is -1.16. The van der Waals surface area contributed by atoms with Crippen molar-refractivity contribution < 1.29 is 50.2 Å². The minimum absolute atomic E-state index is 1.16. The van der Waals surface area contributed by atoms with Crippen molar-refractivity contribution in [2.24, 2.45) is 0 Å². The summed E-state index contributed by atoms with van der Waals surface area (Å²) in [6.07, 6.45) is -11.3. The van der Waals surface area contributed by atoms with E-state index in [2.05, 4.69) is 0 Å². The molecule has 1 aliphatic carbocycles. The molecule has 0 amide bonds. The van der Waals surface area contributed by atoms with E-state index in [0.29, 0.717) is 0 Å². The normalized spacial score (nSPS) is 56.0. The van der Waals surface area contributed by atoms with Gasteiger partial charge in [-0.15, -0.1) is 0 Å². The average Bonchev–Trinajstić information content (AvgIpc) is 2.86. The highest BCUT2D eigenvalue weighted by Crippen LogP contribution is 2.91. The van der Waals surface area contributed by atoms with Gasteiger partial charge in [-0.3, -0.25) is 4.79 Å². The Balaban J connectivity index is 2.54. The number of aliphatic hydroxyl groups excluding tert-OH is 6. The highest BCUT2D eigenvalue weighted by molar-refractivity contribution is 7.90. The highest BCUT2D eigenvalue weighted by Gasteiger charge is 2.97. The summed E-state index contributed by atoms with van der Waals surface area (Å²) >= 11 is 0. The zero-order chi connectivity index (χ0) is 15.7. The van der Waals surface area contributed by atoms with Gasteiger partial charge in [-0.25, -0.2) is 0 Å². The third-order valence-corrected chi connectivity index (χ3v) is 7.87. The first-order chi connectivity index (χ1) is 9.03. The van der Waals surface area contributed by atoms with E-state index in [1.54, 1.807) is 0 Å². The van der Waals surface area contributed by atoms with Gasteiger partial charge in [0.1, 0.15) is 30.5 Å². The van der Waals surface area contributed by atoms with Crippen LogP contribution in [-0.4, -0.2) is 94.2 Å². The summed E-state index contributed by atoms with van der Waals surface area (Å²) in [5.41, 5.74) is -1.66. The summed E-state index contributed by atoms with van der Waals surface area (Å²) in [5, 5.41) is 69.9. The van der Waals surface area contributed by atoms with Crippen LogP contribution in [0.3, 0.4) is 0 Å². The Bertz CT molecular complexity index is 465. The molecule has 1 aliphatic heterocycles. The summed E-state index contributed by atoms with van der Waals surface area (Å²) < 4.78 is 12.5. The zero-order valence-electron chi connectivity index (χ0n) is 9.94. The van der Waals surface area contributed by atoms with Gasteiger partial charge in [0, 0.05) is 0 Å². The van der Waals surface area contributed by atoms with Gasteiger partial charge in [0.2, 0.25) is 12.7 Å². The maximum Gasteiger partial charge on any atom is 0.228 e. The first-order valence-corrected chi connectivity index (χ1v) is 7.34. The fourth-order valence-corrected chi connectivity index (χ4v) is 6.50. The molecule has 10 nitrogen and oxygen atoms in total. The first kappa shape index (κ1) is 16.0. The van der Waals surface area contributed by atoms with Crippen LogP contribution in [0.4, 0.5) is 0 Å². The molecule has 1 saturated carbocycles. The van der Waals surface area contributed by atoms with E-state index in [1.807, 2.05) is 0 Å². The SMILES string of the molecule is O=C(C(O)CO)P1(=O)[C@@]2(O)[C@@H](O)[C@H](O)[C@@H](O)[C@@H](O)[C@]21O. The van der Waals surface area contributed by atoms with Gasteiger partial charge in [0.15, 0.2) is 10.7 Å². The first-order valence-electron chi connectivity index (χ1n) is 5.64. The van der Waals surface area contributed by atoms with Crippen molar-refractivity contribution in [2.45, 2.75) is 41.2 Å². The minimum Gasteiger partial charge on any atom is -0.393 e. The Morgan fingerprint density at radius 1 is 1.05 bits per heavy atom. The third-order valence-electron chi connectivity index (χ3n) is 4.04. The Kier molecular flexibility index (Phi) is 3.42. The predicted molar refractivity (Wildman–Crippen MR) is 59.6 cm³/mol. The third kappa shape index (κ3) is 1.32. The molecule has 2 fully saturated rings. The molecule has 0 spiro atoms. The monoisotopic (exact) mass is 314 g/mol. The largest absolute Gasteiger partial charge is 0.393 e. The fraction of sp³-hybridized carbons (Fsp3) is 0.889. The van der Waals surface area contributed by atoms with Crippen LogP contribution in [0.15, 0.2) is 0 Å². The van der Waals surface area contributed by atoms with Crippen LogP contribution >= 0.6 is 7.14 Å². The summed E-state index contributed by atoms with van der Waals surface area (Å²) in [7, 11) is -4.91. The molecule has 20 heavy (non-hydrogen) atoms. The van der Waals surface area contributed by atoms with Crippen LogP contribution in [0.1, 0.15) is 0 Å². The number of carbonyl (C=O) groups is 1. The van der Waals surface area contributed by atoms with Crippen molar-refractivity contribution in [3.05, 3.63) is 0 Å². The summed E-state index contributed by atoms with van der Waals surface area (Å²) in [4.78, 5) is 11.8. The standard InChI is InChI=1S/C9H15O10P/c10-1-2(11)7(16)20(19)8(17)5(14)3(12)4(13)6(15)9(8,20)18/h2-6,10-15,17-18H,1H2/t2?,3-,4-,5-,6+,8-,9+,20?/m1/s1. The summed E-state index contributed by atoms with van der Waals surface area (Å²) in [5.74, 6) is 0. The summed E-state index contributed by atoms with van der Waals surface area (Å²) in [6, 6.07) is 0. The second-order valence-corrected chi connectivity index (χ2v) is 7.99. The fourth-order valence-electron chi connectivity index (χ4n) is 2.77. The second kappa shape index (κ2) is 4.29. The molecule has 0 radical (unpaired) electrons. The Labute approximate surface area is 111 Å². The van der Waals surface area contributed by atoms with E-state index in [0.717, 1.165) is 0 Å². The lowest BCUT2D eigenvalue weighted by Gasteiger charge is -2.36. The second-order valence-electron chi connectivity index (χ2n) is 4.97. The van der Waals surface area contributed by atoms with Crippen LogP contribution in [0.2, 0.25) is 0 Å². The maximum absolute atomic E-state index is 12.5. The van der Waals surface area contributed by atoms with Gasteiger partial charge < -0.3 is 45.4 Å². The Morgan fingerprint density at radius 2 is 1.40 bits per heavy atom. The number of fused-ring (bicyclic) bond motifs is 1. The van der Waals surface area contributed by atoms with E-state index < -0.39 is 60.5 Å². The minimum atomic E-state index is -4.91. The number of aliphatic hydroxyl groups is 8. The molecule has 2 aliphatic rings. The molecule has 0 aromatic heterocycles. The van der Waals surface area contributed by atoms with Crippen molar-refractivity contribution in [3.63, 3.8) is 0 Å². The van der Waals surface area contributed by atoms with Gasteiger partial charge in [-0.2, -0.15) is 0 Å². The maximum atomic E-state index is 12.5. The molecule has 11 heteroatoms. The molecule has 0 aromatic carbocycles. The Hall–Kier alpha value is -0.420. The molecule has 2 rings (SSSR count).